The predicted octanol–water partition coefficient (Wildman–Crippen LogP) is 4.86. The van der Waals surface area contributed by atoms with Crippen LogP contribution in [-0.4, -0.2) is 49.1 Å². The van der Waals surface area contributed by atoms with Crippen molar-refractivity contribution in [2.24, 2.45) is 5.41 Å². The van der Waals surface area contributed by atoms with E-state index in [9.17, 15) is 23.1 Å². The highest BCUT2D eigenvalue weighted by atomic mass is 35.5. The Balaban J connectivity index is 2.22. The molecular weight excluding hydrogens is 511 g/mol. The summed E-state index contributed by atoms with van der Waals surface area (Å²) < 4.78 is 26.3. The molecule has 2 aromatic carbocycles. The molecule has 0 aromatic heterocycles. The number of likely N-dealkylation sites (tertiary alicyclic amines) is 1. The first-order valence-corrected chi connectivity index (χ1v) is 14.0. The third-order valence-electron chi connectivity index (χ3n) is 6.58. The number of halogens is 2. The number of aliphatic carboxylic acids is 1. The number of carbonyl (C=O) groups excluding carboxylic acids is 1. The van der Waals surface area contributed by atoms with Crippen molar-refractivity contribution in [2.75, 3.05) is 12.8 Å². The van der Waals surface area contributed by atoms with Crippen LogP contribution in [0, 0.1) is 5.41 Å². The molecule has 35 heavy (non-hydrogen) atoms. The van der Waals surface area contributed by atoms with Gasteiger partial charge < -0.3 is 10.0 Å². The van der Waals surface area contributed by atoms with Gasteiger partial charge in [-0.2, -0.15) is 0 Å². The molecule has 1 saturated heterocycles. The van der Waals surface area contributed by atoms with Crippen LogP contribution in [0.4, 0.5) is 0 Å². The number of benzene rings is 2. The molecule has 0 aliphatic carbocycles. The van der Waals surface area contributed by atoms with E-state index >= 15 is 0 Å². The Hall–Kier alpha value is -2.13. The second-order valence-corrected chi connectivity index (χ2v) is 12.1. The zero-order valence-electron chi connectivity index (χ0n) is 19.9. The van der Waals surface area contributed by atoms with E-state index in [0.717, 1.165) is 17.4 Å². The maximum Gasteiger partial charge on any atom is 0.304 e. The Morgan fingerprint density at radius 2 is 1.83 bits per heavy atom. The minimum atomic E-state index is -3.51. The minimum Gasteiger partial charge on any atom is -0.481 e. The highest BCUT2D eigenvalue weighted by molar-refractivity contribution is 7.88. The summed E-state index contributed by atoms with van der Waals surface area (Å²) in [6.07, 6.45) is 1.47. The summed E-state index contributed by atoms with van der Waals surface area (Å²) in [5.41, 5.74) is 0.501. The van der Waals surface area contributed by atoms with Crippen LogP contribution in [0.2, 0.25) is 10.0 Å². The highest BCUT2D eigenvalue weighted by Gasteiger charge is 2.52. The van der Waals surface area contributed by atoms with Gasteiger partial charge >= 0.3 is 5.97 Å². The largest absolute Gasteiger partial charge is 0.481 e. The van der Waals surface area contributed by atoms with Gasteiger partial charge in [0.15, 0.2) is 0 Å². The summed E-state index contributed by atoms with van der Waals surface area (Å²) in [6.45, 7) is 3.55. The molecule has 2 N–H and O–H groups in total. The number of piperidine rings is 1. The number of carboxylic acid groups (broad SMARTS) is 1. The zero-order valence-corrected chi connectivity index (χ0v) is 22.2. The van der Waals surface area contributed by atoms with Crippen molar-refractivity contribution in [3.63, 3.8) is 0 Å². The molecule has 10 heteroatoms. The third kappa shape index (κ3) is 6.55. The molecule has 3 rings (SSSR count). The molecule has 0 spiro atoms. The summed E-state index contributed by atoms with van der Waals surface area (Å²) in [4.78, 5) is 27.5. The van der Waals surface area contributed by atoms with E-state index in [2.05, 4.69) is 4.72 Å². The van der Waals surface area contributed by atoms with Gasteiger partial charge in [0, 0.05) is 28.5 Å². The predicted molar refractivity (Wildman–Crippen MR) is 137 cm³/mol. The first-order chi connectivity index (χ1) is 16.3. The molecule has 1 fully saturated rings. The van der Waals surface area contributed by atoms with Crippen molar-refractivity contribution >= 4 is 45.1 Å². The monoisotopic (exact) mass is 540 g/mol. The average molecular weight is 541 g/mol. The fourth-order valence-corrected chi connectivity index (χ4v) is 5.79. The Kier molecular flexibility index (Phi) is 8.52. The molecule has 1 heterocycles. The fourth-order valence-electron chi connectivity index (χ4n) is 4.97. The number of hydrogen-bond donors (Lipinski definition) is 2. The van der Waals surface area contributed by atoms with Gasteiger partial charge in [0.2, 0.25) is 15.9 Å². The molecule has 0 radical (unpaired) electrons. The first kappa shape index (κ1) is 27.5. The van der Waals surface area contributed by atoms with Gasteiger partial charge in [-0.05, 0) is 48.2 Å². The van der Waals surface area contributed by atoms with Gasteiger partial charge in [-0.25, -0.2) is 13.1 Å². The second kappa shape index (κ2) is 10.9. The van der Waals surface area contributed by atoms with Crippen molar-refractivity contribution in [1.82, 2.24) is 9.62 Å². The zero-order chi connectivity index (χ0) is 26.0. The Morgan fingerprint density at radius 3 is 2.37 bits per heavy atom. The maximum atomic E-state index is 14.0. The molecule has 4 atom stereocenters. The normalized spacial score (nSPS) is 23.8. The topological polar surface area (TPSA) is 104 Å². The van der Waals surface area contributed by atoms with Gasteiger partial charge in [-0.3, -0.25) is 9.59 Å². The van der Waals surface area contributed by atoms with E-state index in [0.29, 0.717) is 16.5 Å². The lowest BCUT2D eigenvalue weighted by Gasteiger charge is -2.51. The van der Waals surface area contributed by atoms with Crippen LogP contribution in [0.1, 0.15) is 56.2 Å². The van der Waals surface area contributed by atoms with Crippen LogP contribution >= 0.6 is 23.2 Å². The third-order valence-corrected chi connectivity index (χ3v) is 7.76. The van der Waals surface area contributed by atoms with Gasteiger partial charge in [-0.1, -0.05) is 61.3 Å². The molecule has 1 amide bonds. The fraction of sp³-hybridized carbons (Fsp3) is 0.440. The van der Waals surface area contributed by atoms with Crippen LogP contribution in [0.15, 0.2) is 48.5 Å². The Labute approximate surface area is 216 Å². The average Bonchev–Trinajstić information content (AvgIpc) is 2.76. The summed E-state index contributed by atoms with van der Waals surface area (Å²) in [7, 11) is -3.51. The van der Waals surface area contributed by atoms with Crippen LogP contribution in [-0.2, 0) is 19.6 Å². The summed E-state index contributed by atoms with van der Waals surface area (Å²) in [5.74, 6) is -1.68. The molecule has 2 aromatic rings. The van der Waals surface area contributed by atoms with Crippen molar-refractivity contribution in [3.05, 3.63) is 69.7 Å². The highest BCUT2D eigenvalue weighted by Crippen LogP contribution is 2.52. The van der Waals surface area contributed by atoms with Crippen LogP contribution in [0.25, 0.3) is 0 Å². The number of carboxylic acids is 1. The van der Waals surface area contributed by atoms with Crippen molar-refractivity contribution in [2.45, 2.75) is 51.1 Å². The molecule has 190 valence electrons. The van der Waals surface area contributed by atoms with Crippen molar-refractivity contribution in [1.29, 1.82) is 0 Å². The van der Waals surface area contributed by atoms with Gasteiger partial charge in [0.05, 0.1) is 24.1 Å². The number of rotatable bonds is 9. The lowest BCUT2D eigenvalue weighted by Crippen LogP contribution is -2.58. The number of nitrogens with one attached hydrogen (secondary N) is 1. The van der Waals surface area contributed by atoms with Crippen LogP contribution in [0.3, 0.4) is 0 Å². The molecule has 1 aliphatic heterocycles. The maximum absolute atomic E-state index is 14.0. The van der Waals surface area contributed by atoms with E-state index in [-0.39, 0.29) is 31.2 Å². The number of nitrogens with zero attached hydrogens (tertiary/aromatic N) is 1. The minimum absolute atomic E-state index is 0.0105. The molecule has 0 saturated carbocycles. The van der Waals surface area contributed by atoms with E-state index in [1.165, 1.54) is 0 Å². The van der Waals surface area contributed by atoms with Crippen LogP contribution in [0.5, 0.6) is 0 Å². The SMILES string of the molecule is CC[C@@H](CNS(C)(=O)=O)N1C(=O)[C@@](C)(CC(=O)O)C[C@H](c2cccc(Cl)c2)C1c1ccc(Cl)cc1. The first-order valence-electron chi connectivity index (χ1n) is 11.3. The smallest absolute Gasteiger partial charge is 0.304 e. The van der Waals surface area contributed by atoms with Gasteiger partial charge in [0.25, 0.3) is 0 Å². The number of sulfonamides is 1. The van der Waals surface area contributed by atoms with E-state index < -0.39 is 33.5 Å². The lowest BCUT2D eigenvalue weighted by atomic mass is 9.67. The molecule has 7 nitrogen and oxygen atoms in total. The van der Waals surface area contributed by atoms with Gasteiger partial charge in [0.1, 0.15) is 0 Å². The second-order valence-electron chi connectivity index (χ2n) is 9.39. The molecular formula is C25H30Cl2N2O5S. The number of hydrogen-bond acceptors (Lipinski definition) is 4. The van der Waals surface area contributed by atoms with Crippen molar-refractivity contribution in [3.8, 4) is 0 Å². The summed E-state index contributed by atoms with van der Waals surface area (Å²) >= 11 is 12.5. The lowest BCUT2D eigenvalue weighted by molar-refractivity contribution is -0.160. The van der Waals surface area contributed by atoms with Crippen molar-refractivity contribution < 1.29 is 23.1 Å². The summed E-state index contributed by atoms with van der Waals surface area (Å²) in [6, 6.07) is 13.5. The van der Waals surface area contributed by atoms with E-state index in [1.807, 2.05) is 37.3 Å². The summed E-state index contributed by atoms with van der Waals surface area (Å²) in [5, 5.41) is 10.7. The van der Waals surface area contributed by atoms with E-state index in [1.54, 1.807) is 30.0 Å². The van der Waals surface area contributed by atoms with Gasteiger partial charge in [-0.15, -0.1) is 0 Å². The van der Waals surface area contributed by atoms with Crippen LogP contribution < -0.4 is 4.72 Å². The number of amides is 1. The Bertz CT molecular complexity index is 1190. The molecule has 0 bridgehead atoms. The molecule has 1 unspecified atom stereocenters. The molecule has 1 aliphatic rings. The standard InChI is InChI=1S/C25H30Cl2N2O5S/c1-4-20(15-28-35(3,33)34)29-23(16-8-10-18(26)11-9-16)21(17-6-5-7-19(27)12-17)13-25(2,24(29)32)14-22(30)31/h5-12,20-21,23,28H,4,13-15H2,1-3H3,(H,30,31)/t20-,21+,23?,25+/m0/s1. The van der Waals surface area contributed by atoms with E-state index in [4.69, 9.17) is 23.2 Å². The Morgan fingerprint density at radius 1 is 1.17 bits per heavy atom. The quantitative estimate of drug-likeness (QED) is 0.472. The number of carbonyl (C=O) groups is 2.